The molecular weight excluding hydrogens is 352 g/mol. The molecule has 1 aromatic rings. The lowest BCUT2D eigenvalue weighted by molar-refractivity contribution is -0.146. The molecule has 1 N–H and O–H groups in total. The van der Waals surface area contributed by atoms with Crippen molar-refractivity contribution in [3.05, 3.63) is 29.3 Å². The van der Waals surface area contributed by atoms with Crippen LogP contribution in [0.2, 0.25) is 0 Å². The number of morpholine rings is 1. The van der Waals surface area contributed by atoms with E-state index in [0.717, 1.165) is 44.7 Å². The average Bonchev–Trinajstić information content (AvgIpc) is 2.86. The zero-order valence-corrected chi connectivity index (χ0v) is 16.6. The van der Waals surface area contributed by atoms with E-state index in [4.69, 9.17) is 9.47 Å². The maximum absolute atomic E-state index is 12.9. The van der Waals surface area contributed by atoms with Crippen LogP contribution in [-0.2, 0) is 22.5 Å². The monoisotopic (exact) mass is 382 g/mol. The molecule has 6 heteroatoms. The van der Waals surface area contributed by atoms with Crippen LogP contribution in [-0.4, -0.2) is 49.8 Å². The molecular formula is C20H31ClN2O3. The summed E-state index contributed by atoms with van der Waals surface area (Å²) in [4.78, 5) is 14.9. The van der Waals surface area contributed by atoms with E-state index >= 15 is 0 Å². The first-order valence-electron chi connectivity index (χ1n) is 9.49. The molecule has 2 aliphatic heterocycles. The van der Waals surface area contributed by atoms with E-state index in [1.54, 1.807) is 0 Å². The highest BCUT2D eigenvalue weighted by atomic mass is 35.5. The Bertz CT molecular complexity index is 588. The number of nitrogens with one attached hydrogen (secondary N) is 1. The molecule has 5 nitrogen and oxygen atoms in total. The minimum absolute atomic E-state index is 0. The molecule has 1 fully saturated rings. The lowest BCUT2D eigenvalue weighted by Crippen LogP contribution is -2.49. The summed E-state index contributed by atoms with van der Waals surface area (Å²) >= 11 is 0. The molecule has 1 saturated heterocycles. The number of carbonyl (C=O) groups excluding carboxylic acids is 1. The van der Waals surface area contributed by atoms with E-state index in [0.29, 0.717) is 25.6 Å². The van der Waals surface area contributed by atoms with E-state index < -0.39 is 0 Å². The molecule has 0 bridgehead atoms. The Morgan fingerprint density at radius 3 is 2.88 bits per heavy atom. The number of nitrogens with zero attached hydrogens (tertiary/aromatic N) is 1. The predicted molar refractivity (Wildman–Crippen MR) is 105 cm³/mol. The van der Waals surface area contributed by atoms with Gasteiger partial charge in [-0.2, -0.15) is 0 Å². The number of benzene rings is 1. The van der Waals surface area contributed by atoms with Crippen molar-refractivity contribution in [2.24, 2.45) is 5.92 Å². The van der Waals surface area contributed by atoms with Crippen LogP contribution in [0, 0.1) is 5.92 Å². The first-order chi connectivity index (χ1) is 12.1. The molecule has 0 aliphatic carbocycles. The van der Waals surface area contributed by atoms with Gasteiger partial charge in [-0.3, -0.25) is 4.79 Å². The third kappa shape index (κ3) is 5.60. The van der Waals surface area contributed by atoms with Crippen molar-refractivity contribution >= 4 is 18.3 Å². The second-order valence-electron chi connectivity index (χ2n) is 7.42. The lowest BCUT2D eigenvalue weighted by Gasteiger charge is -2.31. The van der Waals surface area contributed by atoms with Gasteiger partial charge >= 0.3 is 0 Å². The van der Waals surface area contributed by atoms with Crippen LogP contribution in [0.3, 0.4) is 0 Å². The molecule has 1 atom stereocenters. The number of aryl methyl sites for hydroxylation is 1. The standard InChI is InChI=1S/C20H30N2O3.ClH/c1-15(2)13-22(20(23)19-12-21-8-10-25-19)14-16-6-7-18-17(11-16)5-3-4-9-24-18;/h6-7,11,15,19,21H,3-5,8-10,12-14H2,1-2H3;1H. The third-order valence-corrected chi connectivity index (χ3v) is 4.70. The van der Waals surface area contributed by atoms with Crippen molar-refractivity contribution in [1.82, 2.24) is 10.2 Å². The largest absolute Gasteiger partial charge is 0.493 e. The number of fused-ring (bicyclic) bond motifs is 1. The highest BCUT2D eigenvalue weighted by Gasteiger charge is 2.27. The summed E-state index contributed by atoms with van der Waals surface area (Å²) in [5, 5.41) is 3.25. The molecule has 0 radical (unpaired) electrons. The van der Waals surface area contributed by atoms with E-state index in [9.17, 15) is 4.79 Å². The van der Waals surface area contributed by atoms with Gasteiger partial charge in [-0.15, -0.1) is 12.4 Å². The zero-order valence-electron chi connectivity index (χ0n) is 15.8. The summed E-state index contributed by atoms with van der Waals surface area (Å²) in [5.74, 6) is 1.51. The minimum Gasteiger partial charge on any atom is -0.493 e. The van der Waals surface area contributed by atoms with Crippen LogP contribution >= 0.6 is 12.4 Å². The van der Waals surface area contributed by atoms with Gasteiger partial charge in [0.2, 0.25) is 0 Å². The topological polar surface area (TPSA) is 50.8 Å². The minimum atomic E-state index is -0.364. The molecule has 1 aromatic carbocycles. The van der Waals surface area contributed by atoms with E-state index in [1.165, 1.54) is 11.1 Å². The van der Waals surface area contributed by atoms with Gasteiger partial charge in [-0.25, -0.2) is 0 Å². The normalized spacial score (nSPS) is 19.7. The number of ether oxygens (including phenoxy) is 2. The summed E-state index contributed by atoms with van der Waals surface area (Å²) < 4.78 is 11.5. The van der Waals surface area contributed by atoms with Crippen molar-refractivity contribution in [2.75, 3.05) is 32.8 Å². The smallest absolute Gasteiger partial charge is 0.253 e. The number of halogens is 1. The van der Waals surface area contributed by atoms with Crippen molar-refractivity contribution in [3.63, 3.8) is 0 Å². The summed E-state index contributed by atoms with van der Waals surface area (Å²) in [7, 11) is 0. The SMILES string of the molecule is CC(C)CN(Cc1ccc2c(c1)CCCCO2)C(=O)C1CNCCO1.Cl. The van der Waals surface area contributed by atoms with Gasteiger partial charge < -0.3 is 19.7 Å². The number of rotatable bonds is 5. The summed E-state index contributed by atoms with van der Waals surface area (Å²) in [5.41, 5.74) is 2.43. The summed E-state index contributed by atoms with van der Waals surface area (Å²) in [6, 6.07) is 6.36. The van der Waals surface area contributed by atoms with Gasteiger partial charge in [0.1, 0.15) is 11.9 Å². The Labute approximate surface area is 162 Å². The van der Waals surface area contributed by atoms with Crippen LogP contribution in [0.4, 0.5) is 0 Å². The molecule has 0 spiro atoms. The Kier molecular flexibility index (Phi) is 8.19. The molecule has 0 aromatic heterocycles. The Hall–Kier alpha value is -1.30. The Morgan fingerprint density at radius 2 is 2.15 bits per heavy atom. The van der Waals surface area contributed by atoms with Crippen LogP contribution in [0.5, 0.6) is 5.75 Å². The number of hydrogen-bond donors (Lipinski definition) is 1. The third-order valence-electron chi connectivity index (χ3n) is 4.70. The number of carbonyl (C=O) groups is 1. The Balaban J connectivity index is 0.00000243. The fourth-order valence-corrected chi connectivity index (χ4v) is 3.49. The molecule has 1 amide bonds. The quantitative estimate of drug-likeness (QED) is 0.850. The molecule has 2 aliphatic rings. The molecule has 1 unspecified atom stereocenters. The highest BCUT2D eigenvalue weighted by Crippen LogP contribution is 2.26. The molecule has 146 valence electrons. The van der Waals surface area contributed by atoms with E-state index in [1.807, 2.05) is 4.90 Å². The van der Waals surface area contributed by atoms with Crippen molar-refractivity contribution in [2.45, 2.75) is 45.8 Å². The van der Waals surface area contributed by atoms with Crippen LogP contribution < -0.4 is 10.1 Å². The maximum Gasteiger partial charge on any atom is 0.253 e. The van der Waals surface area contributed by atoms with Crippen molar-refractivity contribution in [3.8, 4) is 5.75 Å². The van der Waals surface area contributed by atoms with Crippen molar-refractivity contribution in [1.29, 1.82) is 0 Å². The number of hydrogen-bond acceptors (Lipinski definition) is 4. The lowest BCUT2D eigenvalue weighted by atomic mass is 10.0. The molecule has 2 heterocycles. The first-order valence-corrected chi connectivity index (χ1v) is 9.49. The number of amides is 1. The van der Waals surface area contributed by atoms with E-state index in [2.05, 4.69) is 37.4 Å². The van der Waals surface area contributed by atoms with Gasteiger partial charge in [-0.05, 0) is 42.4 Å². The van der Waals surface area contributed by atoms with Gasteiger partial charge in [0.25, 0.3) is 5.91 Å². The van der Waals surface area contributed by atoms with Gasteiger partial charge in [-0.1, -0.05) is 26.0 Å². The predicted octanol–water partition coefficient (Wildman–Crippen LogP) is 2.80. The fourth-order valence-electron chi connectivity index (χ4n) is 3.49. The van der Waals surface area contributed by atoms with E-state index in [-0.39, 0.29) is 24.4 Å². The molecule has 3 rings (SSSR count). The van der Waals surface area contributed by atoms with Gasteiger partial charge in [0.05, 0.1) is 13.2 Å². The van der Waals surface area contributed by atoms with Gasteiger partial charge in [0, 0.05) is 26.2 Å². The Morgan fingerprint density at radius 1 is 1.31 bits per heavy atom. The fraction of sp³-hybridized carbons (Fsp3) is 0.650. The summed E-state index contributed by atoms with van der Waals surface area (Å²) in [6.07, 6.45) is 2.95. The first kappa shape index (κ1) is 21.0. The summed E-state index contributed by atoms with van der Waals surface area (Å²) in [6.45, 7) is 8.48. The molecule has 0 saturated carbocycles. The second-order valence-corrected chi connectivity index (χ2v) is 7.42. The van der Waals surface area contributed by atoms with Gasteiger partial charge in [0.15, 0.2) is 0 Å². The van der Waals surface area contributed by atoms with Crippen LogP contribution in [0.15, 0.2) is 18.2 Å². The van der Waals surface area contributed by atoms with Crippen LogP contribution in [0.25, 0.3) is 0 Å². The average molecular weight is 383 g/mol. The van der Waals surface area contributed by atoms with Crippen molar-refractivity contribution < 1.29 is 14.3 Å². The van der Waals surface area contributed by atoms with Crippen LogP contribution in [0.1, 0.15) is 37.8 Å². The highest BCUT2D eigenvalue weighted by molar-refractivity contribution is 5.85. The molecule has 26 heavy (non-hydrogen) atoms. The zero-order chi connectivity index (χ0) is 17.6. The second kappa shape index (κ2) is 10.1. The maximum atomic E-state index is 12.9.